The molecule has 3 aromatic carbocycles. The number of sulfone groups is 1. The average Bonchev–Trinajstić information content (AvgIpc) is 2.78. The van der Waals surface area contributed by atoms with E-state index in [1.165, 1.54) is 37.4 Å². The normalized spacial score (nSPS) is 11.3. The maximum absolute atomic E-state index is 13.0. The third kappa shape index (κ3) is 5.78. The largest absolute Gasteiger partial charge is 0.507 e. The number of phenolic OH excluding ortho intramolecular Hbond substituents is 1. The molecular weight excluding hydrogens is 444 g/mol. The fourth-order valence-electron chi connectivity index (χ4n) is 3.23. The van der Waals surface area contributed by atoms with Crippen molar-refractivity contribution in [1.82, 2.24) is 0 Å². The summed E-state index contributed by atoms with van der Waals surface area (Å²) in [7, 11) is -2.57. The van der Waals surface area contributed by atoms with Gasteiger partial charge in [-0.05, 0) is 66.9 Å². The second-order valence-electron chi connectivity index (χ2n) is 7.66. The first-order valence-electron chi connectivity index (χ1n) is 10.1. The second kappa shape index (κ2) is 9.87. The van der Waals surface area contributed by atoms with Crippen LogP contribution in [-0.2, 0) is 25.1 Å². The fourth-order valence-corrected chi connectivity index (χ4v) is 4.61. The SMILES string of the molecule is COC(=O)c1ccc(CS(=O)(=O)c2cccc(-c3cccc(C(=O)OC(C)C)c3)c2)cc1O. The lowest BCUT2D eigenvalue weighted by Gasteiger charge is -2.11. The molecule has 0 aromatic heterocycles. The number of esters is 2. The van der Waals surface area contributed by atoms with Crippen LogP contribution >= 0.6 is 0 Å². The zero-order valence-electron chi connectivity index (χ0n) is 18.4. The highest BCUT2D eigenvalue weighted by Crippen LogP contribution is 2.27. The van der Waals surface area contributed by atoms with Crippen LogP contribution in [0.4, 0.5) is 0 Å². The fraction of sp³-hybridized carbons (Fsp3) is 0.200. The topological polar surface area (TPSA) is 107 Å². The molecule has 0 heterocycles. The molecule has 0 saturated carbocycles. The molecule has 3 rings (SSSR count). The van der Waals surface area contributed by atoms with Crippen LogP contribution in [0.2, 0.25) is 0 Å². The Hall–Kier alpha value is -3.65. The quantitative estimate of drug-likeness (QED) is 0.513. The van der Waals surface area contributed by atoms with Crippen LogP contribution in [0.5, 0.6) is 5.75 Å². The Morgan fingerprint density at radius 2 is 1.58 bits per heavy atom. The summed E-state index contributed by atoms with van der Waals surface area (Å²) < 4.78 is 35.8. The van der Waals surface area contributed by atoms with E-state index >= 15 is 0 Å². The third-order valence-electron chi connectivity index (χ3n) is 4.79. The number of methoxy groups -OCH3 is 1. The molecule has 33 heavy (non-hydrogen) atoms. The molecule has 0 atom stereocenters. The molecule has 0 saturated heterocycles. The van der Waals surface area contributed by atoms with E-state index in [4.69, 9.17) is 4.74 Å². The molecule has 0 bridgehead atoms. The molecule has 1 N–H and O–H groups in total. The van der Waals surface area contributed by atoms with E-state index in [2.05, 4.69) is 4.74 Å². The number of carbonyl (C=O) groups excluding carboxylic acids is 2. The lowest BCUT2D eigenvalue weighted by atomic mass is 10.0. The Morgan fingerprint density at radius 1 is 0.909 bits per heavy atom. The first-order chi connectivity index (χ1) is 15.6. The second-order valence-corrected chi connectivity index (χ2v) is 9.65. The molecule has 172 valence electrons. The molecule has 0 aliphatic rings. The summed E-state index contributed by atoms with van der Waals surface area (Å²) in [5, 5.41) is 10.0. The first-order valence-corrected chi connectivity index (χ1v) is 11.8. The Morgan fingerprint density at radius 3 is 2.21 bits per heavy atom. The van der Waals surface area contributed by atoms with Gasteiger partial charge in [0.15, 0.2) is 9.84 Å². The van der Waals surface area contributed by atoms with Crippen LogP contribution in [0.1, 0.15) is 40.1 Å². The van der Waals surface area contributed by atoms with Crippen molar-refractivity contribution in [2.45, 2.75) is 30.6 Å². The van der Waals surface area contributed by atoms with Gasteiger partial charge in [0.1, 0.15) is 11.3 Å². The van der Waals surface area contributed by atoms with Crippen molar-refractivity contribution in [2.75, 3.05) is 7.11 Å². The van der Waals surface area contributed by atoms with Gasteiger partial charge in [-0.15, -0.1) is 0 Å². The maximum atomic E-state index is 13.0. The van der Waals surface area contributed by atoms with Crippen molar-refractivity contribution < 1.29 is 32.6 Å². The minimum atomic E-state index is -3.76. The monoisotopic (exact) mass is 468 g/mol. The predicted molar refractivity (Wildman–Crippen MR) is 123 cm³/mol. The summed E-state index contributed by atoms with van der Waals surface area (Å²) in [5.74, 6) is -1.89. The summed E-state index contributed by atoms with van der Waals surface area (Å²) >= 11 is 0. The highest BCUT2D eigenvalue weighted by atomic mass is 32.2. The average molecular weight is 469 g/mol. The minimum absolute atomic E-state index is 0.0449. The Labute approximate surface area is 192 Å². The number of carbonyl (C=O) groups is 2. The van der Waals surface area contributed by atoms with Crippen LogP contribution in [0.3, 0.4) is 0 Å². The van der Waals surface area contributed by atoms with E-state index in [9.17, 15) is 23.1 Å². The zero-order chi connectivity index (χ0) is 24.2. The smallest absolute Gasteiger partial charge is 0.341 e. The molecule has 0 unspecified atom stereocenters. The van der Waals surface area contributed by atoms with E-state index in [0.717, 1.165) is 0 Å². The van der Waals surface area contributed by atoms with Crippen LogP contribution in [0, 0.1) is 0 Å². The molecule has 0 aliphatic carbocycles. The summed E-state index contributed by atoms with van der Waals surface area (Å²) in [6.45, 7) is 3.53. The maximum Gasteiger partial charge on any atom is 0.341 e. The Balaban J connectivity index is 1.88. The number of aromatic hydroxyl groups is 1. The van der Waals surface area contributed by atoms with E-state index in [-0.39, 0.29) is 28.1 Å². The molecule has 8 heteroatoms. The van der Waals surface area contributed by atoms with Gasteiger partial charge in [-0.3, -0.25) is 0 Å². The van der Waals surface area contributed by atoms with Crippen LogP contribution in [0.15, 0.2) is 71.6 Å². The van der Waals surface area contributed by atoms with Crippen LogP contribution in [0.25, 0.3) is 11.1 Å². The number of hydrogen-bond donors (Lipinski definition) is 1. The van der Waals surface area contributed by atoms with Crippen LogP contribution < -0.4 is 0 Å². The highest BCUT2D eigenvalue weighted by Gasteiger charge is 2.19. The van der Waals surface area contributed by atoms with Gasteiger partial charge in [-0.1, -0.05) is 30.3 Å². The Bertz CT molecular complexity index is 1290. The summed E-state index contributed by atoms with van der Waals surface area (Å²) in [4.78, 5) is 23.9. The van der Waals surface area contributed by atoms with Crippen molar-refractivity contribution >= 4 is 21.8 Å². The van der Waals surface area contributed by atoms with Crippen molar-refractivity contribution in [3.8, 4) is 16.9 Å². The minimum Gasteiger partial charge on any atom is -0.507 e. The highest BCUT2D eigenvalue weighted by molar-refractivity contribution is 7.90. The van der Waals surface area contributed by atoms with Crippen molar-refractivity contribution in [3.63, 3.8) is 0 Å². The standard InChI is InChI=1S/C25H24O7S/c1-16(2)32-24(27)20-8-4-6-18(13-20)19-7-5-9-21(14-19)33(29,30)15-17-10-11-22(23(26)12-17)25(28)31-3/h4-14,16,26H,15H2,1-3H3. The van der Waals surface area contributed by atoms with Gasteiger partial charge in [-0.25, -0.2) is 18.0 Å². The molecule has 0 fully saturated rings. The number of benzene rings is 3. The van der Waals surface area contributed by atoms with Gasteiger partial charge in [0.2, 0.25) is 0 Å². The molecule has 0 spiro atoms. The van der Waals surface area contributed by atoms with Gasteiger partial charge in [-0.2, -0.15) is 0 Å². The number of hydrogen-bond acceptors (Lipinski definition) is 7. The van der Waals surface area contributed by atoms with E-state index in [1.54, 1.807) is 50.2 Å². The number of phenols is 1. The Kier molecular flexibility index (Phi) is 7.18. The molecule has 3 aromatic rings. The van der Waals surface area contributed by atoms with Gasteiger partial charge in [0.25, 0.3) is 0 Å². The lowest BCUT2D eigenvalue weighted by molar-refractivity contribution is 0.0377. The first kappa shape index (κ1) is 24.0. The van der Waals surface area contributed by atoms with E-state index < -0.39 is 21.8 Å². The van der Waals surface area contributed by atoms with Gasteiger partial charge < -0.3 is 14.6 Å². The van der Waals surface area contributed by atoms with Crippen molar-refractivity contribution in [2.24, 2.45) is 0 Å². The van der Waals surface area contributed by atoms with Crippen molar-refractivity contribution in [1.29, 1.82) is 0 Å². The molecule has 7 nitrogen and oxygen atoms in total. The molecule has 0 radical (unpaired) electrons. The predicted octanol–water partition coefficient (Wildman–Crippen LogP) is 4.38. The summed E-state index contributed by atoms with van der Waals surface area (Å²) in [6.07, 6.45) is -0.254. The summed E-state index contributed by atoms with van der Waals surface area (Å²) in [5.41, 5.74) is 1.95. The molecular formula is C25H24O7S. The van der Waals surface area contributed by atoms with Gasteiger partial charge in [0, 0.05) is 0 Å². The number of ether oxygens (including phenoxy) is 2. The van der Waals surface area contributed by atoms with E-state index in [1.807, 2.05) is 0 Å². The lowest BCUT2D eigenvalue weighted by Crippen LogP contribution is -2.11. The zero-order valence-corrected chi connectivity index (χ0v) is 19.3. The number of rotatable bonds is 7. The van der Waals surface area contributed by atoms with Crippen molar-refractivity contribution in [3.05, 3.63) is 83.4 Å². The summed E-state index contributed by atoms with van der Waals surface area (Å²) in [6, 6.07) is 17.2. The van der Waals surface area contributed by atoms with Gasteiger partial charge in [0.05, 0.1) is 29.4 Å². The molecule has 0 aliphatic heterocycles. The van der Waals surface area contributed by atoms with Crippen LogP contribution in [-0.4, -0.2) is 38.7 Å². The van der Waals surface area contributed by atoms with Gasteiger partial charge >= 0.3 is 11.9 Å². The van der Waals surface area contributed by atoms with E-state index in [0.29, 0.717) is 22.3 Å². The third-order valence-corrected chi connectivity index (χ3v) is 6.48. The molecule has 0 amide bonds.